The van der Waals surface area contributed by atoms with Crippen LogP contribution in [0.1, 0.15) is 22.8 Å². The smallest absolute Gasteiger partial charge is 0.257 e. The van der Waals surface area contributed by atoms with Crippen molar-refractivity contribution in [1.29, 1.82) is 0 Å². The second-order valence-corrected chi connectivity index (χ2v) is 6.75. The second-order valence-electron chi connectivity index (χ2n) is 6.31. The molecule has 2 aromatic rings. The molecular weight excluding hydrogens is 352 g/mol. The van der Waals surface area contributed by atoms with Gasteiger partial charge < -0.3 is 15.1 Å². The molecule has 0 saturated carbocycles. The van der Waals surface area contributed by atoms with Gasteiger partial charge in [0.15, 0.2) is 0 Å². The van der Waals surface area contributed by atoms with E-state index < -0.39 is 0 Å². The van der Waals surface area contributed by atoms with E-state index in [0.29, 0.717) is 23.7 Å². The van der Waals surface area contributed by atoms with Crippen LogP contribution >= 0.6 is 11.6 Å². The van der Waals surface area contributed by atoms with E-state index in [4.69, 9.17) is 11.6 Å². The molecule has 3 rings (SSSR count). The van der Waals surface area contributed by atoms with E-state index in [0.717, 1.165) is 30.2 Å². The van der Waals surface area contributed by atoms with Crippen LogP contribution in [0.4, 0.5) is 11.5 Å². The highest BCUT2D eigenvalue weighted by atomic mass is 35.5. The first-order chi connectivity index (χ1) is 12.4. The van der Waals surface area contributed by atoms with Gasteiger partial charge in [-0.15, -0.1) is 0 Å². The molecule has 6 nitrogen and oxygen atoms in total. The Morgan fingerprint density at radius 1 is 1.12 bits per heavy atom. The minimum absolute atomic E-state index is 0.0992. The van der Waals surface area contributed by atoms with Crippen molar-refractivity contribution < 1.29 is 9.59 Å². The number of hydrogen-bond donors (Lipinski definition) is 1. The Labute approximate surface area is 157 Å². The van der Waals surface area contributed by atoms with Crippen LogP contribution in [0.2, 0.25) is 5.02 Å². The van der Waals surface area contributed by atoms with Gasteiger partial charge in [-0.25, -0.2) is 4.98 Å². The topological polar surface area (TPSA) is 65.5 Å². The third kappa shape index (κ3) is 4.14. The minimum Gasteiger partial charge on any atom is -0.353 e. The molecule has 1 aliphatic rings. The summed E-state index contributed by atoms with van der Waals surface area (Å²) in [6.07, 6.45) is 1.58. The number of aromatic nitrogens is 1. The minimum atomic E-state index is -0.212. The number of hydrogen-bond acceptors (Lipinski definition) is 4. The van der Waals surface area contributed by atoms with Crippen LogP contribution in [0.25, 0.3) is 0 Å². The third-order valence-electron chi connectivity index (χ3n) is 4.50. The van der Waals surface area contributed by atoms with Crippen molar-refractivity contribution in [2.75, 3.05) is 36.4 Å². The number of carbonyl (C=O) groups is 2. The van der Waals surface area contributed by atoms with Crippen molar-refractivity contribution in [2.45, 2.75) is 13.8 Å². The van der Waals surface area contributed by atoms with Gasteiger partial charge >= 0.3 is 0 Å². The van der Waals surface area contributed by atoms with Crippen LogP contribution in [-0.2, 0) is 4.79 Å². The Hall–Kier alpha value is -2.60. The first-order valence-electron chi connectivity index (χ1n) is 8.48. The molecule has 2 heterocycles. The van der Waals surface area contributed by atoms with Crippen molar-refractivity contribution >= 4 is 34.9 Å². The SMILES string of the molecule is CC(=O)N1CCN(c2ccc(C(=O)Nc3ccc(Cl)cc3C)cn2)CC1. The third-order valence-corrected chi connectivity index (χ3v) is 4.73. The summed E-state index contributed by atoms with van der Waals surface area (Å²) < 4.78 is 0. The number of aryl methyl sites for hydroxylation is 1. The lowest BCUT2D eigenvalue weighted by Crippen LogP contribution is -2.48. The highest BCUT2D eigenvalue weighted by Gasteiger charge is 2.19. The number of piperazine rings is 1. The van der Waals surface area contributed by atoms with Gasteiger partial charge in [0.05, 0.1) is 5.56 Å². The summed E-state index contributed by atoms with van der Waals surface area (Å²) in [5, 5.41) is 3.51. The zero-order valence-electron chi connectivity index (χ0n) is 14.8. The van der Waals surface area contributed by atoms with Gasteiger partial charge in [0.25, 0.3) is 5.91 Å². The number of halogens is 1. The van der Waals surface area contributed by atoms with Crippen LogP contribution in [0.3, 0.4) is 0 Å². The van der Waals surface area contributed by atoms with Gasteiger partial charge in [-0.3, -0.25) is 9.59 Å². The molecule has 0 atom stereocenters. The maximum Gasteiger partial charge on any atom is 0.257 e. The fourth-order valence-electron chi connectivity index (χ4n) is 2.92. The van der Waals surface area contributed by atoms with Crippen molar-refractivity contribution in [3.05, 3.63) is 52.7 Å². The molecule has 26 heavy (non-hydrogen) atoms. The number of rotatable bonds is 3. The first kappa shape index (κ1) is 18.2. The fourth-order valence-corrected chi connectivity index (χ4v) is 3.15. The lowest BCUT2D eigenvalue weighted by Gasteiger charge is -2.34. The van der Waals surface area contributed by atoms with Crippen LogP contribution < -0.4 is 10.2 Å². The van der Waals surface area contributed by atoms with Crippen molar-refractivity contribution in [3.63, 3.8) is 0 Å². The van der Waals surface area contributed by atoms with Crippen molar-refractivity contribution in [3.8, 4) is 0 Å². The lowest BCUT2D eigenvalue weighted by atomic mass is 10.2. The summed E-state index contributed by atoms with van der Waals surface area (Å²) in [5.41, 5.74) is 2.12. The molecule has 0 spiro atoms. The number of benzene rings is 1. The van der Waals surface area contributed by atoms with Crippen molar-refractivity contribution in [2.24, 2.45) is 0 Å². The van der Waals surface area contributed by atoms with E-state index in [9.17, 15) is 9.59 Å². The predicted molar refractivity (Wildman–Crippen MR) is 103 cm³/mol. The molecule has 1 aromatic carbocycles. The van der Waals surface area contributed by atoms with E-state index >= 15 is 0 Å². The molecule has 1 N–H and O–H groups in total. The number of nitrogens with one attached hydrogen (secondary N) is 1. The summed E-state index contributed by atoms with van der Waals surface area (Å²) in [6.45, 7) is 6.33. The normalized spacial score (nSPS) is 14.3. The van der Waals surface area contributed by atoms with E-state index in [1.54, 1.807) is 37.4 Å². The molecule has 2 amide bonds. The Balaban J connectivity index is 1.64. The van der Waals surface area contributed by atoms with Crippen LogP contribution in [-0.4, -0.2) is 47.9 Å². The van der Waals surface area contributed by atoms with E-state index in [1.165, 1.54) is 0 Å². The molecule has 1 saturated heterocycles. The number of amides is 2. The Bertz CT molecular complexity index is 815. The maximum atomic E-state index is 12.4. The molecule has 1 aromatic heterocycles. The van der Waals surface area contributed by atoms with Gasteiger partial charge in [0.1, 0.15) is 5.82 Å². The molecule has 1 aliphatic heterocycles. The number of pyridine rings is 1. The van der Waals surface area contributed by atoms with Gasteiger partial charge in [0.2, 0.25) is 5.91 Å². The van der Waals surface area contributed by atoms with Gasteiger partial charge in [-0.1, -0.05) is 11.6 Å². The second kappa shape index (κ2) is 7.74. The molecule has 0 radical (unpaired) electrons. The summed E-state index contributed by atoms with van der Waals surface area (Å²) in [6, 6.07) is 8.94. The predicted octanol–water partition coefficient (Wildman–Crippen LogP) is 2.96. The summed E-state index contributed by atoms with van der Waals surface area (Å²) in [4.78, 5) is 32.2. The molecule has 0 unspecified atom stereocenters. The monoisotopic (exact) mass is 372 g/mol. The maximum absolute atomic E-state index is 12.4. The Kier molecular flexibility index (Phi) is 5.42. The van der Waals surface area contributed by atoms with Crippen LogP contribution in [0, 0.1) is 6.92 Å². The van der Waals surface area contributed by atoms with Crippen LogP contribution in [0.15, 0.2) is 36.5 Å². The highest BCUT2D eigenvalue weighted by molar-refractivity contribution is 6.30. The average Bonchev–Trinajstić information content (AvgIpc) is 2.64. The van der Waals surface area contributed by atoms with E-state index in [-0.39, 0.29) is 11.8 Å². The lowest BCUT2D eigenvalue weighted by molar-refractivity contribution is -0.129. The summed E-state index contributed by atoms with van der Waals surface area (Å²) in [5.74, 6) is 0.699. The average molecular weight is 373 g/mol. The number of nitrogens with zero attached hydrogens (tertiary/aromatic N) is 3. The van der Waals surface area contributed by atoms with E-state index in [2.05, 4.69) is 15.2 Å². The van der Waals surface area contributed by atoms with Crippen LogP contribution in [0.5, 0.6) is 0 Å². The largest absolute Gasteiger partial charge is 0.353 e. The quantitative estimate of drug-likeness (QED) is 0.899. The zero-order valence-corrected chi connectivity index (χ0v) is 15.6. The van der Waals surface area contributed by atoms with Gasteiger partial charge in [-0.05, 0) is 42.8 Å². The number of carbonyl (C=O) groups excluding carboxylic acids is 2. The van der Waals surface area contributed by atoms with Gasteiger partial charge in [0, 0.05) is 50.0 Å². The Morgan fingerprint density at radius 3 is 2.42 bits per heavy atom. The highest BCUT2D eigenvalue weighted by Crippen LogP contribution is 2.21. The molecule has 0 aliphatic carbocycles. The number of anilines is 2. The molecule has 7 heteroatoms. The standard InChI is InChI=1S/C19H21ClN4O2/c1-13-11-16(20)4-5-17(13)22-19(26)15-3-6-18(21-12-15)24-9-7-23(8-10-24)14(2)25/h3-6,11-12H,7-10H2,1-2H3,(H,22,26). The molecular formula is C19H21ClN4O2. The summed E-state index contributed by atoms with van der Waals surface area (Å²) in [7, 11) is 0. The van der Waals surface area contributed by atoms with Crippen molar-refractivity contribution in [1.82, 2.24) is 9.88 Å². The first-order valence-corrected chi connectivity index (χ1v) is 8.86. The fraction of sp³-hybridized carbons (Fsp3) is 0.316. The molecule has 136 valence electrons. The molecule has 0 bridgehead atoms. The zero-order chi connectivity index (χ0) is 18.7. The molecule has 1 fully saturated rings. The Morgan fingerprint density at radius 2 is 1.85 bits per heavy atom. The van der Waals surface area contributed by atoms with E-state index in [1.807, 2.05) is 17.9 Å². The van der Waals surface area contributed by atoms with Gasteiger partial charge in [-0.2, -0.15) is 0 Å². The summed E-state index contributed by atoms with van der Waals surface area (Å²) >= 11 is 5.94.